The molecule has 1 fully saturated rings. The van der Waals surface area contributed by atoms with Gasteiger partial charge in [-0.3, -0.25) is 14.4 Å². The Kier molecular flexibility index (Phi) is 6.43. The summed E-state index contributed by atoms with van der Waals surface area (Å²) in [5.74, 6) is -2.21. The minimum atomic E-state index is -0.922. The molecular weight excluding hydrogens is 434 g/mol. The first-order valence-electron chi connectivity index (χ1n) is 8.35. The van der Waals surface area contributed by atoms with Crippen LogP contribution in [0.25, 0.3) is 0 Å². The van der Waals surface area contributed by atoms with Crippen molar-refractivity contribution in [3.8, 4) is 0 Å². The van der Waals surface area contributed by atoms with E-state index in [4.69, 9.17) is 9.31 Å². The van der Waals surface area contributed by atoms with Gasteiger partial charge in [0, 0.05) is 4.47 Å². The Labute approximate surface area is 168 Å². The first-order chi connectivity index (χ1) is 13.4. The first-order valence-corrected chi connectivity index (χ1v) is 9.14. The maximum atomic E-state index is 13.3. The highest BCUT2D eigenvalue weighted by molar-refractivity contribution is 9.10. The number of benzene rings is 2. The third kappa shape index (κ3) is 4.96. The van der Waals surface area contributed by atoms with E-state index in [9.17, 15) is 18.8 Å². The monoisotopic (exact) mass is 448 g/mol. The Hall–Kier alpha value is -2.72. The van der Waals surface area contributed by atoms with E-state index >= 15 is 0 Å². The predicted octanol–water partition coefficient (Wildman–Crippen LogP) is 1.78. The van der Waals surface area contributed by atoms with Gasteiger partial charge in [-0.1, -0.05) is 30.3 Å². The molecule has 0 aliphatic carbocycles. The number of amides is 2. The molecule has 2 aromatic rings. The van der Waals surface area contributed by atoms with Crippen LogP contribution in [-0.2, 0) is 18.9 Å². The van der Waals surface area contributed by atoms with Crippen molar-refractivity contribution in [3.05, 3.63) is 69.9 Å². The molecule has 1 saturated heterocycles. The number of rotatable bonds is 6. The second-order valence-corrected chi connectivity index (χ2v) is 6.76. The van der Waals surface area contributed by atoms with E-state index < -0.39 is 36.8 Å². The largest absolute Gasteiger partial charge is 0.548 e. The molecule has 1 unspecified atom stereocenters. The molecule has 10 heteroatoms. The van der Waals surface area contributed by atoms with Crippen molar-refractivity contribution in [1.82, 2.24) is 10.6 Å². The lowest BCUT2D eigenvalue weighted by molar-refractivity contribution is -0.136. The average molecular weight is 449 g/mol. The summed E-state index contributed by atoms with van der Waals surface area (Å²) in [6.07, 6.45) is -0.902. The van der Waals surface area contributed by atoms with Gasteiger partial charge in [-0.05, 0) is 39.7 Å². The zero-order chi connectivity index (χ0) is 20.1. The van der Waals surface area contributed by atoms with E-state index in [1.165, 1.54) is 12.1 Å². The molecule has 0 saturated carbocycles. The van der Waals surface area contributed by atoms with Crippen molar-refractivity contribution in [2.75, 3.05) is 13.0 Å². The normalized spacial score (nSPS) is 15.9. The molecule has 7 nitrogen and oxygen atoms in total. The minimum absolute atomic E-state index is 0.0621. The van der Waals surface area contributed by atoms with E-state index in [0.29, 0.717) is 10.0 Å². The molecule has 2 amide bonds. The lowest BCUT2D eigenvalue weighted by atomic mass is 9.91. The maximum absolute atomic E-state index is 13.3. The van der Waals surface area contributed by atoms with Crippen LogP contribution in [0, 0.1) is 5.82 Å². The van der Waals surface area contributed by atoms with Crippen LogP contribution in [0.15, 0.2) is 53.0 Å². The Morgan fingerprint density at radius 2 is 1.89 bits per heavy atom. The zero-order valence-corrected chi connectivity index (χ0v) is 16.1. The van der Waals surface area contributed by atoms with Crippen molar-refractivity contribution >= 4 is 40.8 Å². The number of hydrogen-bond donors (Lipinski definition) is 2. The Morgan fingerprint density at radius 3 is 2.64 bits per heavy atom. The minimum Gasteiger partial charge on any atom is -0.506 e. The van der Waals surface area contributed by atoms with Crippen molar-refractivity contribution in [1.29, 1.82) is 0 Å². The summed E-state index contributed by atoms with van der Waals surface area (Å²) in [4.78, 5) is 35.9. The van der Waals surface area contributed by atoms with Crippen LogP contribution in [0.2, 0.25) is 0 Å². The summed E-state index contributed by atoms with van der Waals surface area (Å²) in [5.41, 5.74) is 0.737. The second-order valence-electron chi connectivity index (χ2n) is 5.90. The van der Waals surface area contributed by atoms with Crippen LogP contribution in [0.1, 0.15) is 22.0 Å². The molecule has 28 heavy (non-hydrogen) atoms. The number of carbonyl (C=O) groups excluding carboxylic acids is 3. The highest BCUT2D eigenvalue weighted by Crippen LogP contribution is 2.25. The van der Waals surface area contributed by atoms with Crippen LogP contribution < -0.4 is 10.6 Å². The Bertz CT molecular complexity index is 899. The number of halogens is 2. The summed E-state index contributed by atoms with van der Waals surface area (Å²) in [6, 6.07) is 12.5. The Morgan fingerprint density at radius 1 is 1.14 bits per heavy atom. The number of hydrogen-bond acceptors (Lipinski definition) is 5. The van der Waals surface area contributed by atoms with E-state index in [2.05, 4.69) is 26.6 Å². The highest BCUT2D eigenvalue weighted by atomic mass is 79.9. The molecule has 0 bridgehead atoms. The SMILES string of the molecule is O=C(CNC(=O)c1cc(F)ccc1Br)NCB1OC(=O)C(c2ccccc2)O1. The van der Waals surface area contributed by atoms with Crippen LogP contribution in [-0.4, -0.2) is 37.9 Å². The van der Waals surface area contributed by atoms with E-state index in [-0.39, 0.29) is 18.6 Å². The second kappa shape index (κ2) is 8.98. The van der Waals surface area contributed by atoms with Gasteiger partial charge in [0.05, 0.1) is 18.6 Å². The van der Waals surface area contributed by atoms with Crippen LogP contribution in [0.3, 0.4) is 0 Å². The van der Waals surface area contributed by atoms with Crippen molar-refractivity contribution < 1.29 is 28.1 Å². The van der Waals surface area contributed by atoms with Gasteiger partial charge in [0.2, 0.25) is 5.91 Å². The summed E-state index contributed by atoms with van der Waals surface area (Å²) in [6.45, 7) is -0.329. The molecule has 3 rings (SSSR count). The molecule has 2 N–H and O–H groups in total. The molecule has 144 valence electrons. The van der Waals surface area contributed by atoms with Crippen LogP contribution in [0.5, 0.6) is 0 Å². The van der Waals surface area contributed by atoms with Gasteiger partial charge in [-0.2, -0.15) is 0 Å². The van der Waals surface area contributed by atoms with Crippen molar-refractivity contribution in [2.45, 2.75) is 6.10 Å². The molecule has 0 spiro atoms. The van der Waals surface area contributed by atoms with Gasteiger partial charge in [-0.25, -0.2) is 4.39 Å². The van der Waals surface area contributed by atoms with E-state index in [1.54, 1.807) is 24.3 Å². The zero-order valence-electron chi connectivity index (χ0n) is 14.5. The van der Waals surface area contributed by atoms with Gasteiger partial charge < -0.3 is 19.9 Å². The smallest absolute Gasteiger partial charge is 0.506 e. The van der Waals surface area contributed by atoms with Gasteiger partial charge in [0.1, 0.15) is 5.82 Å². The lowest BCUT2D eigenvalue weighted by Gasteiger charge is -2.09. The quantitative estimate of drug-likeness (QED) is 0.657. The summed E-state index contributed by atoms with van der Waals surface area (Å²) < 4.78 is 24.3. The molecule has 0 aromatic heterocycles. The summed E-state index contributed by atoms with van der Waals surface area (Å²) in [7, 11) is -0.922. The van der Waals surface area contributed by atoms with Crippen molar-refractivity contribution in [2.24, 2.45) is 0 Å². The topological polar surface area (TPSA) is 93.7 Å². The van der Waals surface area contributed by atoms with Crippen molar-refractivity contribution in [3.63, 3.8) is 0 Å². The van der Waals surface area contributed by atoms with Crippen LogP contribution in [0.4, 0.5) is 4.39 Å². The molecule has 1 atom stereocenters. The van der Waals surface area contributed by atoms with E-state index in [0.717, 1.165) is 6.07 Å². The Balaban J connectivity index is 1.45. The van der Waals surface area contributed by atoms with Crippen LogP contribution >= 0.6 is 15.9 Å². The number of carbonyl (C=O) groups is 3. The molecular formula is C18H15BBrFN2O5. The fraction of sp³-hybridized carbons (Fsp3) is 0.167. The van der Waals surface area contributed by atoms with Gasteiger partial charge in [0.25, 0.3) is 5.91 Å². The maximum Gasteiger partial charge on any atom is 0.548 e. The van der Waals surface area contributed by atoms with Gasteiger partial charge in [0.15, 0.2) is 6.10 Å². The average Bonchev–Trinajstić information content (AvgIpc) is 3.07. The van der Waals surface area contributed by atoms with Gasteiger partial charge >= 0.3 is 13.1 Å². The van der Waals surface area contributed by atoms with Gasteiger partial charge in [-0.15, -0.1) is 0 Å². The summed E-state index contributed by atoms with van der Waals surface area (Å²) >= 11 is 3.15. The molecule has 1 aliphatic heterocycles. The predicted molar refractivity (Wildman–Crippen MR) is 102 cm³/mol. The van der Waals surface area contributed by atoms with E-state index in [1.807, 2.05) is 6.07 Å². The first kappa shape index (κ1) is 20.0. The fourth-order valence-electron chi connectivity index (χ4n) is 2.55. The lowest BCUT2D eigenvalue weighted by Crippen LogP contribution is -2.42. The summed E-state index contributed by atoms with van der Waals surface area (Å²) in [5, 5.41) is 4.90. The standard InChI is InChI=1S/C18H15BBrFN2O5/c20-14-7-6-12(21)8-13(14)17(25)22-9-15(24)23-10-19-27-16(18(26)28-19)11-4-2-1-3-5-11/h1-8,16H,9-10H2,(H,22,25)(H,23,24). The third-order valence-electron chi connectivity index (χ3n) is 3.90. The highest BCUT2D eigenvalue weighted by Gasteiger charge is 2.40. The fourth-order valence-corrected chi connectivity index (χ4v) is 2.97. The molecule has 1 aliphatic rings. The molecule has 1 heterocycles. The number of nitrogens with one attached hydrogen (secondary N) is 2. The molecule has 2 aromatic carbocycles. The molecule has 0 radical (unpaired) electrons. The third-order valence-corrected chi connectivity index (χ3v) is 4.59.